The second-order valence-corrected chi connectivity index (χ2v) is 3.49. The van der Waals surface area contributed by atoms with Gasteiger partial charge in [-0.15, -0.1) is 0 Å². The standard InChI is InChI=1S/C9H9ClFNOS/c10-9-2-1-7(11)3-8(9)6(5-13)4-12-14/h1-3,5-6,12,14H,4H2. The molecule has 0 fully saturated rings. The maximum atomic E-state index is 12.9. The van der Waals surface area contributed by atoms with Crippen molar-refractivity contribution in [1.29, 1.82) is 0 Å². The molecule has 0 saturated heterocycles. The Hall–Kier alpha value is -0.580. The van der Waals surface area contributed by atoms with Crippen molar-refractivity contribution in [2.24, 2.45) is 0 Å². The summed E-state index contributed by atoms with van der Waals surface area (Å²) in [6.07, 6.45) is 0.712. The van der Waals surface area contributed by atoms with Gasteiger partial charge in [0, 0.05) is 11.6 Å². The van der Waals surface area contributed by atoms with Crippen LogP contribution in [-0.4, -0.2) is 12.8 Å². The molecule has 1 unspecified atom stereocenters. The molecular formula is C9H9ClFNOS. The van der Waals surface area contributed by atoms with Gasteiger partial charge in [0.25, 0.3) is 0 Å². The molecule has 2 nitrogen and oxygen atoms in total. The number of carbonyl (C=O) groups excluding carboxylic acids is 1. The van der Waals surface area contributed by atoms with Crippen LogP contribution in [-0.2, 0) is 4.79 Å². The number of hydrogen-bond donors (Lipinski definition) is 2. The van der Waals surface area contributed by atoms with E-state index in [9.17, 15) is 9.18 Å². The van der Waals surface area contributed by atoms with Crippen molar-refractivity contribution in [3.63, 3.8) is 0 Å². The molecule has 1 aromatic carbocycles. The van der Waals surface area contributed by atoms with Gasteiger partial charge in [-0.25, -0.2) is 4.39 Å². The van der Waals surface area contributed by atoms with E-state index in [1.807, 2.05) is 0 Å². The fourth-order valence-corrected chi connectivity index (χ4v) is 1.58. The van der Waals surface area contributed by atoms with Crippen molar-refractivity contribution in [1.82, 2.24) is 4.72 Å². The second kappa shape index (κ2) is 5.34. The molecule has 1 aromatic rings. The lowest BCUT2D eigenvalue weighted by molar-refractivity contribution is -0.108. The highest BCUT2D eigenvalue weighted by Gasteiger charge is 2.13. The van der Waals surface area contributed by atoms with Crippen LogP contribution in [0.4, 0.5) is 4.39 Å². The number of hydrogen-bond acceptors (Lipinski definition) is 3. The predicted molar refractivity (Wildman–Crippen MR) is 57.2 cm³/mol. The normalized spacial score (nSPS) is 12.5. The van der Waals surface area contributed by atoms with Gasteiger partial charge >= 0.3 is 0 Å². The maximum Gasteiger partial charge on any atom is 0.128 e. The smallest absolute Gasteiger partial charge is 0.128 e. The van der Waals surface area contributed by atoms with Gasteiger partial charge < -0.3 is 4.79 Å². The van der Waals surface area contributed by atoms with Crippen LogP contribution in [0.2, 0.25) is 5.02 Å². The van der Waals surface area contributed by atoms with E-state index in [-0.39, 0.29) is 0 Å². The van der Waals surface area contributed by atoms with Crippen LogP contribution in [0.25, 0.3) is 0 Å². The number of halogens is 2. The third kappa shape index (κ3) is 2.70. The largest absolute Gasteiger partial charge is 0.303 e. The molecule has 0 aromatic heterocycles. The van der Waals surface area contributed by atoms with Gasteiger partial charge in [0.1, 0.15) is 12.1 Å². The number of carbonyl (C=O) groups is 1. The highest BCUT2D eigenvalue weighted by molar-refractivity contribution is 7.78. The van der Waals surface area contributed by atoms with Crippen molar-refractivity contribution in [2.75, 3.05) is 6.54 Å². The zero-order chi connectivity index (χ0) is 10.6. The van der Waals surface area contributed by atoms with Gasteiger partial charge in [0.2, 0.25) is 0 Å². The first-order chi connectivity index (χ1) is 6.69. The Bertz CT molecular complexity index is 335. The summed E-state index contributed by atoms with van der Waals surface area (Å²) >= 11 is 9.61. The van der Waals surface area contributed by atoms with Gasteiger partial charge in [-0.1, -0.05) is 24.4 Å². The molecule has 1 rings (SSSR count). The first kappa shape index (κ1) is 11.5. The van der Waals surface area contributed by atoms with E-state index in [1.54, 1.807) is 0 Å². The zero-order valence-electron chi connectivity index (χ0n) is 7.21. The average molecular weight is 234 g/mol. The molecule has 0 radical (unpaired) electrons. The Balaban J connectivity index is 3.01. The number of benzene rings is 1. The van der Waals surface area contributed by atoms with Crippen LogP contribution < -0.4 is 4.72 Å². The molecule has 0 bridgehead atoms. The molecule has 0 spiro atoms. The van der Waals surface area contributed by atoms with E-state index in [1.165, 1.54) is 18.2 Å². The van der Waals surface area contributed by atoms with Gasteiger partial charge in [-0.2, -0.15) is 0 Å². The number of thiol groups is 1. The van der Waals surface area contributed by atoms with E-state index >= 15 is 0 Å². The molecule has 1 atom stereocenters. The first-order valence-electron chi connectivity index (χ1n) is 3.96. The Kier molecular flexibility index (Phi) is 4.38. The van der Waals surface area contributed by atoms with Crippen molar-refractivity contribution in [3.05, 3.63) is 34.6 Å². The van der Waals surface area contributed by atoms with E-state index in [0.29, 0.717) is 23.4 Å². The minimum absolute atomic E-state index is 0.315. The highest BCUT2D eigenvalue weighted by atomic mass is 35.5. The van der Waals surface area contributed by atoms with Gasteiger partial charge in [-0.05, 0) is 23.8 Å². The molecular weight excluding hydrogens is 225 g/mol. The minimum Gasteiger partial charge on any atom is -0.303 e. The van der Waals surface area contributed by atoms with Crippen molar-refractivity contribution < 1.29 is 9.18 Å². The molecule has 0 amide bonds. The Morgan fingerprint density at radius 1 is 1.64 bits per heavy atom. The second-order valence-electron chi connectivity index (χ2n) is 2.77. The molecule has 0 aliphatic rings. The van der Waals surface area contributed by atoms with Crippen LogP contribution in [0.15, 0.2) is 18.2 Å². The fourth-order valence-electron chi connectivity index (χ4n) is 1.13. The number of aldehydes is 1. The third-order valence-corrected chi connectivity index (χ3v) is 2.36. The molecule has 5 heteroatoms. The van der Waals surface area contributed by atoms with Crippen LogP contribution >= 0.6 is 24.4 Å². The SMILES string of the molecule is O=CC(CNS)c1cc(F)ccc1Cl. The lowest BCUT2D eigenvalue weighted by Gasteiger charge is -2.11. The van der Waals surface area contributed by atoms with Crippen LogP contribution in [0.5, 0.6) is 0 Å². The summed E-state index contributed by atoms with van der Waals surface area (Å²) in [5.74, 6) is -0.883. The average Bonchev–Trinajstić information content (AvgIpc) is 2.18. The van der Waals surface area contributed by atoms with E-state index < -0.39 is 11.7 Å². The number of nitrogens with one attached hydrogen (secondary N) is 1. The lowest BCUT2D eigenvalue weighted by atomic mass is 10.0. The zero-order valence-corrected chi connectivity index (χ0v) is 8.86. The van der Waals surface area contributed by atoms with Crippen molar-refractivity contribution in [2.45, 2.75) is 5.92 Å². The van der Waals surface area contributed by atoms with Gasteiger partial charge in [0.05, 0.1) is 5.92 Å². The molecule has 14 heavy (non-hydrogen) atoms. The summed E-state index contributed by atoms with van der Waals surface area (Å²) in [4.78, 5) is 10.7. The van der Waals surface area contributed by atoms with Crippen LogP contribution in [0.3, 0.4) is 0 Å². The Morgan fingerprint density at radius 3 is 2.93 bits per heavy atom. The van der Waals surface area contributed by atoms with Gasteiger partial charge in [-0.3, -0.25) is 4.72 Å². The molecule has 0 saturated carbocycles. The minimum atomic E-state index is -0.476. The van der Waals surface area contributed by atoms with E-state index in [2.05, 4.69) is 17.5 Å². The van der Waals surface area contributed by atoms with E-state index in [4.69, 9.17) is 11.6 Å². The quantitative estimate of drug-likeness (QED) is 0.617. The van der Waals surface area contributed by atoms with Crippen molar-refractivity contribution in [3.8, 4) is 0 Å². The summed E-state index contributed by atoms with van der Waals surface area (Å²) < 4.78 is 15.4. The monoisotopic (exact) mass is 233 g/mol. The van der Waals surface area contributed by atoms with E-state index in [0.717, 1.165) is 0 Å². The maximum absolute atomic E-state index is 12.9. The fraction of sp³-hybridized carbons (Fsp3) is 0.222. The van der Waals surface area contributed by atoms with Crippen LogP contribution in [0.1, 0.15) is 11.5 Å². The summed E-state index contributed by atoms with van der Waals surface area (Å²) in [6.45, 7) is 0.315. The predicted octanol–water partition coefficient (Wildman–Crippen LogP) is 2.20. The molecule has 0 aliphatic heterocycles. The summed E-state index contributed by atoms with van der Waals surface area (Å²) in [5.41, 5.74) is 0.475. The first-order valence-corrected chi connectivity index (χ1v) is 4.78. The summed E-state index contributed by atoms with van der Waals surface area (Å²) in [5, 5.41) is 0.382. The summed E-state index contributed by atoms with van der Waals surface area (Å²) in [7, 11) is 0. The summed E-state index contributed by atoms with van der Waals surface area (Å²) in [6, 6.07) is 3.94. The molecule has 0 aliphatic carbocycles. The lowest BCUT2D eigenvalue weighted by Crippen LogP contribution is -2.15. The highest BCUT2D eigenvalue weighted by Crippen LogP contribution is 2.23. The molecule has 0 heterocycles. The molecule has 76 valence electrons. The van der Waals surface area contributed by atoms with Gasteiger partial charge in [0.15, 0.2) is 0 Å². The third-order valence-electron chi connectivity index (χ3n) is 1.83. The topological polar surface area (TPSA) is 29.1 Å². The molecule has 1 N–H and O–H groups in total. The Morgan fingerprint density at radius 2 is 2.36 bits per heavy atom. The number of rotatable bonds is 4. The Labute approximate surface area is 92.0 Å². The van der Waals surface area contributed by atoms with Crippen molar-refractivity contribution >= 4 is 30.7 Å². The van der Waals surface area contributed by atoms with Crippen LogP contribution in [0, 0.1) is 5.82 Å².